The molecule has 0 radical (unpaired) electrons. The molecule has 1 aromatic heterocycles. The third kappa shape index (κ3) is 2.70. The molecule has 0 atom stereocenters. The molecule has 24 heavy (non-hydrogen) atoms. The smallest absolute Gasteiger partial charge is 0.207 e. The van der Waals surface area contributed by atoms with Crippen LogP contribution in [0.5, 0.6) is 0 Å². The van der Waals surface area contributed by atoms with Crippen molar-refractivity contribution in [3.05, 3.63) is 35.5 Å². The van der Waals surface area contributed by atoms with Gasteiger partial charge < -0.3 is 9.64 Å². The monoisotopic (exact) mass is 342 g/mol. The predicted octanol–water partition coefficient (Wildman–Crippen LogP) is 3.49. The predicted molar refractivity (Wildman–Crippen MR) is 99.8 cm³/mol. The van der Waals surface area contributed by atoms with E-state index in [1.54, 1.807) is 18.4 Å². The highest BCUT2D eigenvalue weighted by molar-refractivity contribution is 7.22. The number of anilines is 1. The molecule has 0 spiro atoms. The average Bonchev–Trinajstić information content (AvgIpc) is 3.22. The summed E-state index contributed by atoms with van der Waals surface area (Å²) in [7, 11) is 1.76. The molecule has 0 saturated heterocycles. The zero-order chi connectivity index (χ0) is 16.5. The molecule has 0 fully saturated rings. The number of hydrogen-bond acceptors (Lipinski definition) is 6. The van der Waals surface area contributed by atoms with E-state index in [0.717, 1.165) is 49.7 Å². The number of methoxy groups -OCH3 is 1. The van der Waals surface area contributed by atoms with Crippen molar-refractivity contribution < 1.29 is 4.74 Å². The summed E-state index contributed by atoms with van der Waals surface area (Å²) in [5.41, 5.74) is 5.10. The Balaban J connectivity index is 1.63. The maximum absolute atomic E-state index is 5.26. The minimum atomic E-state index is 0.769. The summed E-state index contributed by atoms with van der Waals surface area (Å²) in [6.07, 6.45) is 2.04. The Hall–Kier alpha value is -1.92. The molecule has 0 amide bonds. The van der Waals surface area contributed by atoms with E-state index in [1.165, 1.54) is 21.7 Å². The number of hydrazone groups is 1. The first kappa shape index (κ1) is 15.6. The first-order valence-electron chi connectivity index (χ1n) is 8.47. The number of rotatable bonds is 5. The first-order chi connectivity index (χ1) is 11.8. The first-order valence-corrected chi connectivity index (χ1v) is 9.28. The van der Waals surface area contributed by atoms with E-state index >= 15 is 0 Å². The van der Waals surface area contributed by atoms with E-state index in [4.69, 9.17) is 14.8 Å². The van der Waals surface area contributed by atoms with Gasteiger partial charge in [0.15, 0.2) is 0 Å². The fourth-order valence-electron chi connectivity index (χ4n) is 3.47. The van der Waals surface area contributed by atoms with Crippen LogP contribution in [0, 0.1) is 0 Å². The molecule has 5 nitrogen and oxygen atoms in total. The van der Waals surface area contributed by atoms with Crippen LogP contribution < -0.4 is 5.01 Å². The molecule has 0 N–H and O–H groups in total. The van der Waals surface area contributed by atoms with Gasteiger partial charge in [0, 0.05) is 37.9 Å². The maximum atomic E-state index is 5.26. The summed E-state index contributed by atoms with van der Waals surface area (Å²) in [5.74, 6) is 0. The van der Waals surface area contributed by atoms with Crippen molar-refractivity contribution in [2.75, 3.05) is 38.4 Å². The van der Waals surface area contributed by atoms with Crippen molar-refractivity contribution in [1.82, 2.24) is 9.88 Å². The Morgan fingerprint density at radius 3 is 2.96 bits per heavy atom. The number of nitrogens with zero attached hydrogens (tertiary/aromatic N) is 4. The van der Waals surface area contributed by atoms with Crippen LogP contribution in [-0.2, 0) is 4.74 Å². The van der Waals surface area contributed by atoms with Gasteiger partial charge in [0.25, 0.3) is 0 Å². The minimum absolute atomic E-state index is 0.769. The lowest BCUT2D eigenvalue weighted by atomic mass is 9.99. The van der Waals surface area contributed by atoms with Crippen molar-refractivity contribution in [1.29, 1.82) is 0 Å². The third-order valence-corrected chi connectivity index (χ3v) is 5.70. The van der Waals surface area contributed by atoms with E-state index in [9.17, 15) is 0 Å². The molecular weight excluding hydrogens is 320 g/mol. The van der Waals surface area contributed by atoms with Crippen molar-refractivity contribution in [2.45, 2.75) is 19.8 Å². The van der Waals surface area contributed by atoms with Crippen molar-refractivity contribution in [2.24, 2.45) is 5.10 Å². The Morgan fingerprint density at radius 2 is 2.17 bits per heavy atom. The molecule has 1 aromatic carbocycles. The number of allylic oxidation sites excluding steroid dienone is 1. The van der Waals surface area contributed by atoms with E-state index < -0.39 is 0 Å². The van der Waals surface area contributed by atoms with Crippen LogP contribution in [0.15, 0.2) is 40.6 Å². The number of thiazole rings is 1. The molecule has 4 rings (SSSR count). The average molecular weight is 342 g/mol. The molecule has 0 aliphatic carbocycles. The largest absolute Gasteiger partial charge is 0.383 e. The van der Waals surface area contributed by atoms with Gasteiger partial charge in [-0.3, -0.25) is 0 Å². The fourth-order valence-corrected chi connectivity index (χ4v) is 4.39. The molecule has 0 bridgehead atoms. The van der Waals surface area contributed by atoms with Gasteiger partial charge in [0.2, 0.25) is 5.13 Å². The van der Waals surface area contributed by atoms with Crippen molar-refractivity contribution in [3.8, 4) is 0 Å². The summed E-state index contributed by atoms with van der Waals surface area (Å²) in [4.78, 5) is 7.21. The summed E-state index contributed by atoms with van der Waals surface area (Å²) < 4.78 is 6.48. The van der Waals surface area contributed by atoms with Crippen molar-refractivity contribution >= 4 is 32.4 Å². The highest BCUT2D eigenvalue weighted by atomic mass is 32.1. The van der Waals surface area contributed by atoms with Crippen LogP contribution in [0.3, 0.4) is 0 Å². The van der Waals surface area contributed by atoms with Gasteiger partial charge in [0.1, 0.15) is 0 Å². The summed E-state index contributed by atoms with van der Waals surface area (Å²) >= 11 is 1.72. The molecule has 2 aliphatic heterocycles. The number of hydrogen-bond donors (Lipinski definition) is 0. The fraction of sp³-hybridized carbons (Fsp3) is 0.444. The molecule has 0 saturated carbocycles. The second kappa shape index (κ2) is 6.53. The molecule has 2 aliphatic rings. The highest BCUT2D eigenvalue weighted by Gasteiger charge is 2.31. The minimum Gasteiger partial charge on any atom is -0.383 e. The quantitative estimate of drug-likeness (QED) is 0.834. The topological polar surface area (TPSA) is 41.0 Å². The molecule has 0 unspecified atom stereocenters. The van der Waals surface area contributed by atoms with Crippen LogP contribution in [0.1, 0.15) is 19.8 Å². The van der Waals surface area contributed by atoms with Gasteiger partial charge in [-0.2, -0.15) is 5.10 Å². The number of para-hydroxylation sites is 1. The summed E-state index contributed by atoms with van der Waals surface area (Å²) in [6, 6.07) is 8.28. The Labute approximate surface area is 146 Å². The zero-order valence-corrected chi connectivity index (χ0v) is 15.0. The highest BCUT2D eigenvalue weighted by Crippen LogP contribution is 2.34. The SMILES string of the molecule is CCC1=C2CN(c3nc4ccccc4s3)N=C2CCN1CCOC. The lowest BCUT2D eigenvalue weighted by molar-refractivity contribution is 0.162. The second-order valence-corrected chi connectivity index (χ2v) is 7.09. The van der Waals surface area contributed by atoms with Crippen LogP contribution in [0.4, 0.5) is 5.13 Å². The van der Waals surface area contributed by atoms with Gasteiger partial charge in [-0.05, 0) is 18.6 Å². The second-order valence-electron chi connectivity index (χ2n) is 6.08. The van der Waals surface area contributed by atoms with Crippen LogP contribution in [0.2, 0.25) is 0 Å². The number of ether oxygens (including phenoxy) is 1. The van der Waals surface area contributed by atoms with Gasteiger partial charge >= 0.3 is 0 Å². The third-order valence-electron chi connectivity index (χ3n) is 4.65. The van der Waals surface area contributed by atoms with Crippen molar-refractivity contribution in [3.63, 3.8) is 0 Å². The van der Waals surface area contributed by atoms with Gasteiger partial charge in [-0.1, -0.05) is 30.4 Å². The Bertz CT molecular complexity index is 777. The molecule has 126 valence electrons. The van der Waals surface area contributed by atoms with Gasteiger partial charge in [-0.25, -0.2) is 9.99 Å². The van der Waals surface area contributed by atoms with Gasteiger partial charge in [0.05, 0.1) is 29.1 Å². The Morgan fingerprint density at radius 1 is 1.29 bits per heavy atom. The van der Waals surface area contributed by atoms with Crippen LogP contribution in [0.25, 0.3) is 10.2 Å². The molecule has 6 heteroatoms. The van der Waals surface area contributed by atoms with Crippen LogP contribution in [-0.4, -0.2) is 48.9 Å². The standard InChI is InChI=1S/C18H22N4OS/c1-3-16-13-12-22(18-19-15-6-4-5-7-17(15)24-18)20-14(13)8-9-21(16)10-11-23-2/h4-7H,3,8-12H2,1-2H3. The van der Waals surface area contributed by atoms with E-state index in [0.29, 0.717) is 0 Å². The lowest BCUT2D eigenvalue weighted by Crippen LogP contribution is -2.35. The number of benzene rings is 1. The number of fused-ring (bicyclic) bond motifs is 2. The summed E-state index contributed by atoms with van der Waals surface area (Å²) in [6.45, 7) is 5.82. The Kier molecular flexibility index (Phi) is 4.24. The molecular formula is C18H22N4OS. The molecule has 3 heterocycles. The van der Waals surface area contributed by atoms with Gasteiger partial charge in [-0.15, -0.1) is 0 Å². The maximum Gasteiger partial charge on any atom is 0.207 e. The van der Waals surface area contributed by atoms with Crippen LogP contribution >= 0.6 is 11.3 Å². The number of aromatic nitrogens is 1. The van der Waals surface area contributed by atoms with E-state index in [2.05, 4.69) is 35.0 Å². The normalized spacial score (nSPS) is 17.7. The molecule has 2 aromatic rings. The summed E-state index contributed by atoms with van der Waals surface area (Å²) in [5, 5.41) is 7.94. The van der Waals surface area contributed by atoms with E-state index in [-0.39, 0.29) is 0 Å². The van der Waals surface area contributed by atoms with E-state index in [1.807, 2.05) is 6.07 Å². The zero-order valence-electron chi connectivity index (χ0n) is 14.2. The lowest BCUT2D eigenvalue weighted by Gasteiger charge is -2.32.